The van der Waals surface area contributed by atoms with Gasteiger partial charge in [0.25, 0.3) is 0 Å². The van der Waals surface area contributed by atoms with E-state index in [1.54, 1.807) is 18.3 Å². The monoisotopic (exact) mass is 459 g/mol. The molecule has 0 spiro atoms. The number of halogens is 1. The number of unbranched alkanes of at least 4 members (excludes halogenated alkanes) is 2. The molecule has 0 saturated carbocycles. The fourth-order valence-corrected chi connectivity index (χ4v) is 4.46. The smallest absolute Gasteiger partial charge is 0.247 e. The van der Waals surface area contributed by atoms with Gasteiger partial charge in [-0.05, 0) is 55.7 Å². The van der Waals surface area contributed by atoms with Gasteiger partial charge in [-0.25, -0.2) is 9.29 Å². The first-order chi connectivity index (χ1) is 15.2. The molecule has 1 aromatic carbocycles. The van der Waals surface area contributed by atoms with Gasteiger partial charge in [0, 0.05) is 49.9 Å². The molecule has 2 aromatic heterocycles. The Bertz CT molecular complexity index is 969. The molecule has 3 aromatic rings. The Balaban J connectivity index is 1.11. The van der Waals surface area contributed by atoms with E-state index in [9.17, 15) is 0 Å². The van der Waals surface area contributed by atoms with E-state index in [0.29, 0.717) is 23.5 Å². The van der Waals surface area contributed by atoms with Gasteiger partial charge >= 0.3 is 0 Å². The minimum atomic E-state index is 0.534. The predicted molar refractivity (Wildman–Crippen MR) is 124 cm³/mol. The van der Waals surface area contributed by atoms with E-state index in [0.717, 1.165) is 62.3 Å². The minimum absolute atomic E-state index is 0.534. The van der Waals surface area contributed by atoms with Crippen molar-refractivity contribution in [2.45, 2.75) is 32.6 Å². The van der Waals surface area contributed by atoms with Crippen molar-refractivity contribution >= 4 is 29.4 Å². The summed E-state index contributed by atoms with van der Waals surface area (Å²) in [5, 5.41) is 8.60. The van der Waals surface area contributed by atoms with Gasteiger partial charge < -0.3 is 13.5 Å². The molecule has 1 aliphatic heterocycles. The Morgan fingerprint density at radius 1 is 1.10 bits per heavy atom. The number of pyridine rings is 1. The Hall–Kier alpha value is -2.29. The molecular weight excluding hydrogens is 434 g/mol. The Morgan fingerprint density at radius 2 is 1.97 bits per heavy atom. The van der Waals surface area contributed by atoms with Crippen LogP contribution in [0.4, 0.5) is 5.69 Å². The van der Waals surface area contributed by atoms with Crippen LogP contribution >= 0.6 is 23.7 Å². The lowest BCUT2D eigenvalue weighted by molar-refractivity contribution is 0.303. The highest BCUT2D eigenvalue weighted by molar-refractivity contribution is 7.98. The summed E-state index contributed by atoms with van der Waals surface area (Å²) in [6.07, 6.45) is 5.81. The third-order valence-corrected chi connectivity index (χ3v) is 6.35. The van der Waals surface area contributed by atoms with Gasteiger partial charge in [-0.1, -0.05) is 18.5 Å². The van der Waals surface area contributed by atoms with Crippen molar-refractivity contribution in [2.24, 2.45) is 0 Å². The quantitative estimate of drug-likeness (QED) is 0.230. The van der Waals surface area contributed by atoms with E-state index in [1.165, 1.54) is 0 Å². The summed E-state index contributed by atoms with van der Waals surface area (Å²) in [5.41, 5.74) is 2.02. The van der Waals surface area contributed by atoms with E-state index < -0.39 is 0 Å². The minimum Gasteiger partial charge on any atom is -0.494 e. The molecule has 3 heterocycles. The second kappa shape index (κ2) is 10.8. The molecule has 1 saturated heterocycles. The van der Waals surface area contributed by atoms with Gasteiger partial charge in [-0.15, -0.1) is 10.2 Å². The van der Waals surface area contributed by atoms with Crippen molar-refractivity contribution < 1.29 is 9.15 Å². The summed E-state index contributed by atoms with van der Waals surface area (Å²) in [7, 11) is 0. The topological polar surface area (TPSA) is 67.5 Å². The molecule has 1 fully saturated rings. The van der Waals surface area contributed by atoms with Crippen molar-refractivity contribution in [1.29, 1.82) is 0 Å². The molecule has 0 N–H and O–H groups in total. The van der Waals surface area contributed by atoms with E-state index in [4.69, 9.17) is 20.8 Å². The zero-order valence-corrected chi connectivity index (χ0v) is 19.1. The standard InChI is InChI=1S/C22H26ClN5O2S/c1-2-21-25-26-22(30-21)17-6-8-19(9-7-17)29-15-5-3-4-12-27-13-14-28(31-27)18-10-11-24-20(23)16-18/h6-11,16H,2-5,12-15H2,1H3. The molecule has 4 rings (SSSR count). The number of rotatable bonds is 10. The fourth-order valence-electron chi connectivity index (χ4n) is 3.26. The molecule has 0 aliphatic carbocycles. The predicted octanol–water partition coefficient (Wildman–Crippen LogP) is 5.28. The van der Waals surface area contributed by atoms with Gasteiger partial charge in [-0.3, -0.25) is 0 Å². The number of hydrogen-bond donors (Lipinski definition) is 0. The second-order valence-corrected chi connectivity index (χ2v) is 8.75. The lowest BCUT2D eigenvalue weighted by Crippen LogP contribution is -2.14. The van der Waals surface area contributed by atoms with Gasteiger partial charge in [0.2, 0.25) is 11.8 Å². The summed E-state index contributed by atoms with van der Waals surface area (Å²) in [5.74, 6) is 2.06. The third-order valence-electron chi connectivity index (χ3n) is 4.96. The summed E-state index contributed by atoms with van der Waals surface area (Å²) in [4.78, 5) is 4.05. The maximum absolute atomic E-state index is 6.00. The molecule has 1 aliphatic rings. The first kappa shape index (κ1) is 21.9. The van der Waals surface area contributed by atoms with Crippen LogP contribution in [0.25, 0.3) is 11.5 Å². The van der Waals surface area contributed by atoms with E-state index in [2.05, 4.69) is 23.8 Å². The molecule has 9 heteroatoms. The van der Waals surface area contributed by atoms with Crippen LogP contribution in [-0.2, 0) is 6.42 Å². The molecule has 0 atom stereocenters. The lowest BCUT2D eigenvalue weighted by Gasteiger charge is -2.17. The maximum atomic E-state index is 6.00. The first-order valence-electron chi connectivity index (χ1n) is 10.6. The number of anilines is 1. The lowest BCUT2D eigenvalue weighted by atomic mass is 10.2. The van der Waals surface area contributed by atoms with Crippen LogP contribution in [0.2, 0.25) is 5.15 Å². The molecule has 0 radical (unpaired) electrons. The highest BCUT2D eigenvalue weighted by atomic mass is 35.5. The van der Waals surface area contributed by atoms with Crippen molar-refractivity contribution in [3.8, 4) is 17.2 Å². The van der Waals surface area contributed by atoms with Crippen LogP contribution in [0.3, 0.4) is 0 Å². The van der Waals surface area contributed by atoms with Crippen molar-refractivity contribution in [1.82, 2.24) is 19.5 Å². The molecule has 164 valence electrons. The van der Waals surface area contributed by atoms with Gasteiger partial charge in [0.1, 0.15) is 10.9 Å². The average Bonchev–Trinajstić information content (AvgIpc) is 3.46. The van der Waals surface area contributed by atoms with Crippen LogP contribution in [0, 0.1) is 0 Å². The Kier molecular flexibility index (Phi) is 7.66. The first-order valence-corrected chi connectivity index (χ1v) is 11.7. The van der Waals surface area contributed by atoms with Crippen LogP contribution in [0.15, 0.2) is 47.0 Å². The maximum Gasteiger partial charge on any atom is 0.247 e. The van der Waals surface area contributed by atoms with Gasteiger partial charge in [0.05, 0.1) is 12.3 Å². The van der Waals surface area contributed by atoms with Gasteiger partial charge in [-0.2, -0.15) is 0 Å². The summed E-state index contributed by atoms with van der Waals surface area (Å²) in [6, 6.07) is 11.7. The van der Waals surface area contributed by atoms with E-state index >= 15 is 0 Å². The normalized spacial score (nSPS) is 14.3. The summed E-state index contributed by atoms with van der Waals surface area (Å²) < 4.78 is 16.1. The number of benzene rings is 1. The molecule has 0 unspecified atom stereocenters. The van der Waals surface area contributed by atoms with Crippen molar-refractivity contribution in [3.63, 3.8) is 0 Å². The Labute approximate surface area is 192 Å². The van der Waals surface area contributed by atoms with Crippen LogP contribution in [-0.4, -0.2) is 45.7 Å². The second-order valence-electron chi connectivity index (χ2n) is 7.24. The third kappa shape index (κ3) is 6.12. The van der Waals surface area contributed by atoms with E-state index in [1.807, 2.05) is 43.3 Å². The number of aromatic nitrogens is 3. The summed E-state index contributed by atoms with van der Waals surface area (Å²) in [6.45, 7) is 5.82. The number of nitrogens with zero attached hydrogens (tertiary/aromatic N) is 5. The fraction of sp³-hybridized carbons (Fsp3) is 0.409. The van der Waals surface area contributed by atoms with Crippen LogP contribution < -0.4 is 9.04 Å². The number of hydrogen-bond acceptors (Lipinski definition) is 8. The van der Waals surface area contributed by atoms with Crippen molar-refractivity contribution in [3.05, 3.63) is 53.6 Å². The SMILES string of the molecule is CCc1nnc(-c2ccc(OCCCCCN3CCN(c4ccnc(Cl)c4)S3)cc2)o1. The van der Waals surface area contributed by atoms with Crippen molar-refractivity contribution in [2.75, 3.05) is 30.5 Å². The molecule has 0 amide bonds. The number of ether oxygens (including phenoxy) is 1. The molecule has 31 heavy (non-hydrogen) atoms. The molecular formula is C22H26ClN5O2S. The van der Waals surface area contributed by atoms with E-state index in [-0.39, 0.29) is 0 Å². The zero-order chi connectivity index (χ0) is 21.5. The molecule has 7 nitrogen and oxygen atoms in total. The number of aryl methyl sites for hydroxylation is 1. The van der Waals surface area contributed by atoms with Gasteiger partial charge in [0.15, 0.2) is 0 Å². The average molecular weight is 460 g/mol. The molecule has 0 bridgehead atoms. The largest absolute Gasteiger partial charge is 0.494 e. The highest BCUT2D eigenvalue weighted by Gasteiger charge is 2.21. The zero-order valence-electron chi connectivity index (χ0n) is 17.5. The van der Waals surface area contributed by atoms with Crippen LogP contribution in [0.1, 0.15) is 32.1 Å². The highest BCUT2D eigenvalue weighted by Crippen LogP contribution is 2.31. The van der Waals surface area contributed by atoms with Crippen LogP contribution in [0.5, 0.6) is 5.75 Å². The Morgan fingerprint density at radius 3 is 2.74 bits per heavy atom. The summed E-state index contributed by atoms with van der Waals surface area (Å²) >= 11 is 7.76.